The number of hydrogen-bond donors (Lipinski definition) is 1. The number of methoxy groups -OCH3 is 1. The summed E-state index contributed by atoms with van der Waals surface area (Å²) in [6, 6.07) is 1.18. The Bertz CT molecular complexity index is 485. The summed E-state index contributed by atoms with van der Waals surface area (Å²) in [7, 11) is 1.33. The Hall–Kier alpha value is -1.36. The van der Waals surface area contributed by atoms with E-state index < -0.39 is 17.4 Å². The fourth-order valence-electron chi connectivity index (χ4n) is 1.81. The van der Waals surface area contributed by atoms with Gasteiger partial charge in [-0.2, -0.15) is 0 Å². The maximum Gasteiger partial charge on any atom is 0.328 e. The van der Waals surface area contributed by atoms with Gasteiger partial charge in [0.2, 0.25) is 0 Å². The van der Waals surface area contributed by atoms with Crippen molar-refractivity contribution in [2.45, 2.75) is 40.7 Å². The molecule has 1 atom stereocenters. The molecule has 0 aromatic carbocycles. The van der Waals surface area contributed by atoms with Gasteiger partial charge >= 0.3 is 5.97 Å². The van der Waals surface area contributed by atoms with Gasteiger partial charge in [-0.05, 0) is 25.3 Å². The summed E-state index contributed by atoms with van der Waals surface area (Å²) in [4.78, 5) is 26.1. The minimum absolute atomic E-state index is 0.229. The third kappa shape index (κ3) is 3.80. The topological polar surface area (TPSA) is 55.4 Å². The number of rotatable bonds is 3. The van der Waals surface area contributed by atoms with Crippen molar-refractivity contribution in [3.8, 4) is 0 Å². The molecule has 4 nitrogen and oxygen atoms in total. The van der Waals surface area contributed by atoms with E-state index in [9.17, 15) is 9.59 Å². The van der Waals surface area contributed by atoms with Crippen molar-refractivity contribution < 1.29 is 14.3 Å². The van der Waals surface area contributed by atoms with E-state index in [-0.39, 0.29) is 5.91 Å². The van der Waals surface area contributed by atoms with Gasteiger partial charge < -0.3 is 10.1 Å². The first-order valence-electron chi connectivity index (χ1n) is 6.12. The fourth-order valence-corrected chi connectivity index (χ4v) is 2.73. The van der Waals surface area contributed by atoms with Crippen LogP contribution in [0.25, 0.3) is 0 Å². The minimum atomic E-state index is -0.662. The zero-order valence-electron chi connectivity index (χ0n) is 12.3. The number of hydrogen-bond acceptors (Lipinski definition) is 4. The molecule has 106 valence electrons. The van der Waals surface area contributed by atoms with E-state index in [0.717, 1.165) is 9.75 Å². The second kappa shape index (κ2) is 5.74. The van der Waals surface area contributed by atoms with Crippen LogP contribution in [-0.4, -0.2) is 25.0 Å². The van der Waals surface area contributed by atoms with Crippen molar-refractivity contribution >= 4 is 23.2 Å². The van der Waals surface area contributed by atoms with Crippen molar-refractivity contribution in [3.05, 3.63) is 21.4 Å². The van der Waals surface area contributed by atoms with E-state index >= 15 is 0 Å². The number of nitrogens with one attached hydrogen (secondary N) is 1. The zero-order chi connectivity index (χ0) is 14.8. The van der Waals surface area contributed by atoms with Crippen LogP contribution in [0.4, 0.5) is 0 Å². The molecule has 1 aromatic rings. The van der Waals surface area contributed by atoms with E-state index in [0.29, 0.717) is 5.56 Å². The lowest BCUT2D eigenvalue weighted by Gasteiger charge is -2.29. The van der Waals surface area contributed by atoms with Gasteiger partial charge in [0.1, 0.15) is 6.04 Å². The van der Waals surface area contributed by atoms with Gasteiger partial charge in [0, 0.05) is 9.75 Å². The highest BCUT2D eigenvalue weighted by Gasteiger charge is 2.34. The number of carbonyl (C=O) groups excluding carboxylic acids is 2. The Balaban J connectivity index is 2.95. The Morgan fingerprint density at radius 2 is 1.89 bits per heavy atom. The molecule has 0 aliphatic rings. The third-order valence-corrected chi connectivity index (χ3v) is 3.83. The smallest absolute Gasteiger partial charge is 0.328 e. The number of thiophene rings is 1. The molecule has 1 heterocycles. The summed E-state index contributed by atoms with van der Waals surface area (Å²) in [5, 5.41) is 2.77. The molecule has 0 saturated heterocycles. The highest BCUT2D eigenvalue weighted by molar-refractivity contribution is 7.12. The van der Waals surface area contributed by atoms with Crippen molar-refractivity contribution in [1.29, 1.82) is 0 Å². The summed E-state index contributed by atoms with van der Waals surface area (Å²) < 4.78 is 4.76. The monoisotopic (exact) mass is 283 g/mol. The predicted octanol–water partition coefficient (Wildman–Crippen LogP) is 2.68. The van der Waals surface area contributed by atoms with E-state index in [1.54, 1.807) is 11.3 Å². The van der Waals surface area contributed by atoms with E-state index in [1.165, 1.54) is 7.11 Å². The molecule has 1 rings (SSSR count). The average molecular weight is 283 g/mol. The van der Waals surface area contributed by atoms with E-state index in [2.05, 4.69) is 5.32 Å². The molecular formula is C14H21NO3S. The lowest BCUT2D eigenvalue weighted by molar-refractivity contribution is -0.145. The summed E-state index contributed by atoms with van der Waals surface area (Å²) in [5.41, 5.74) is 0.225. The average Bonchev–Trinajstić information content (AvgIpc) is 2.62. The number of esters is 1. The molecule has 0 aliphatic heterocycles. The van der Waals surface area contributed by atoms with Crippen LogP contribution in [0.2, 0.25) is 0 Å². The lowest BCUT2D eigenvalue weighted by Crippen LogP contribution is -2.49. The molecule has 0 fully saturated rings. The number of carbonyl (C=O) groups is 2. The molecule has 1 aromatic heterocycles. The second-order valence-electron chi connectivity index (χ2n) is 5.62. The van der Waals surface area contributed by atoms with Gasteiger partial charge in [0.05, 0.1) is 12.7 Å². The number of aryl methyl sites for hydroxylation is 2. The standard InChI is InChI=1S/C14H21NO3S/c1-8-7-10(9(2)19-8)12(16)15-11(13(17)18-6)14(3,4)5/h7,11H,1-6H3,(H,15,16)/t11-/m1/s1. The van der Waals surface area contributed by atoms with Crippen molar-refractivity contribution in [2.75, 3.05) is 7.11 Å². The molecule has 5 heteroatoms. The van der Waals surface area contributed by atoms with Crippen LogP contribution < -0.4 is 5.32 Å². The maximum absolute atomic E-state index is 12.2. The van der Waals surface area contributed by atoms with Crippen molar-refractivity contribution in [2.24, 2.45) is 5.41 Å². The maximum atomic E-state index is 12.2. The molecule has 0 aliphatic carbocycles. The molecule has 1 amide bonds. The Labute approximate surface area is 118 Å². The Morgan fingerprint density at radius 1 is 1.32 bits per heavy atom. The first-order chi connectivity index (χ1) is 8.66. The van der Waals surface area contributed by atoms with E-state index in [1.807, 2.05) is 40.7 Å². The van der Waals surface area contributed by atoms with Crippen LogP contribution in [-0.2, 0) is 9.53 Å². The highest BCUT2D eigenvalue weighted by Crippen LogP contribution is 2.23. The van der Waals surface area contributed by atoms with Gasteiger partial charge in [-0.1, -0.05) is 20.8 Å². The Morgan fingerprint density at radius 3 is 2.26 bits per heavy atom. The molecule has 19 heavy (non-hydrogen) atoms. The largest absolute Gasteiger partial charge is 0.467 e. The van der Waals surface area contributed by atoms with Gasteiger partial charge in [0.25, 0.3) is 5.91 Å². The van der Waals surface area contributed by atoms with Gasteiger partial charge in [-0.25, -0.2) is 4.79 Å². The quantitative estimate of drug-likeness (QED) is 0.868. The summed E-state index contributed by atoms with van der Waals surface area (Å²) in [5.74, 6) is -0.655. The van der Waals surface area contributed by atoms with Crippen LogP contribution in [0.15, 0.2) is 6.07 Å². The molecule has 0 bridgehead atoms. The minimum Gasteiger partial charge on any atom is -0.467 e. The zero-order valence-corrected chi connectivity index (χ0v) is 13.1. The Kier molecular flexibility index (Phi) is 4.74. The molecular weight excluding hydrogens is 262 g/mol. The molecule has 0 spiro atoms. The third-order valence-electron chi connectivity index (χ3n) is 2.86. The van der Waals surface area contributed by atoms with Crippen molar-refractivity contribution in [1.82, 2.24) is 5.32 Å². The van der Waals surface area contributed by atoms with Gasteiger partial charge in [-0.3, -0.25) is 4.79 Å². The van der Waals surface area contributed by atoms with Gasteiger partial charge in [-0.15, -0.1) is 11.3 Å². The summed E-state index contributed by atoms with van der Waals surface area (Å²) in [6.07, 6.45) is 0. The first kappa shape index (κ1) is 15.7. The molecule has 0 unspecified atom stereocenters. The number of amides is 1. The predicted molar refractivity (Wildman–Crippen MR) is 76.5 cm³/mol. The normalized spacial score (nSPS) is 12.9. The molecule has 1 N–H and O–H groups in total. The number of ether oxygens (including phenoxy) is 1. The van der Waals surface area contributed by atoms with Crippen molar-refractivity contribution in [3.63, 3.8) is 0 Å². The molecule has 0 saturated carbocycles. The lowest BCUT2D eigenvalue weighted by atomic mass is 9.86. The second-order valence-corrected chi connectivity index (χ2v) is 7.08. The van der Waals surface area contributed by atoms with E-state index in [4.69, 9.17) is 4.74 Å². The SMILES string of the molecule is COC(=O)[C@@H](NC(=O)c1cc(C)sc1C)C(C)(C)C. The van der Waals surface area contributed by atoms with Crippen LogP contribution >= 0.6 is 11.3 Å². The van der Waals surface area contributed by atoms with Crippen LogP contribution in [0.5, 0.6) is 0 Å². The van der Waals surface area contributed by atoms with Crippen LogP contribution in [0, 0.1) is 19.3 Å². The highest BCUT2D eigenvalue weighted by atomic mass is 32.1. The molecule has 0 radical (unpaired) electrons. The van der Waals surface area contributed by atoms with Crippen LogP contribution in [0.3, 0.4) is 0 Å². The van der Waals surface area contributed by atoms with Crippen LogP contribution in [0.1, 0.15) is 40.9 Å². The first-order valence-corrected chi connectivity index (χ1v) is 6.94. The summed E-state index contributed by atoms with van der Waals surface area (Å²) in [6.45, 7) is 9.52. The summed E-state index contributed by atoms with van der Waals surface area (Å²) >= 11 is 1.57. The van der Waals surface area contributed by atoms with Gasteiger partial charge in [0.15, 0.2) is 0 Å². The fraction of sp³-hybridized carbons (Fsp3) is 0.571.